The molecule has 0 fully saturated rings. The van der Waals surface area contributed by atoms with E-state index < -0.39 is 12.0 Å². The van der Waals surface area contributed by atoms with Gasteiger partial charge in [-0.05, 0) is 54.3 Å². The summed E-state index contributed by atoms with van der Waals surface area (Å²) >= 11 is 0. The first-order valence-electron chi connectivity index (χ1n) is 8.89. The summed E-state index contributed by atoms with van der Waals surface area (Å²) in [4.78, 5) is 23.7. The monoisotopic (exact) mass is 370 g/mol. The fourth-order valence-corrected chi connectivity index (χ4v) is 2.69. The van der Waals surface area contributed by atoms with Gasteiger partial charge in [0.15, 0.2) is 0 Å². The number of hydrogen-bond donors (Lipinski definition) is 3. The Balaban J connectivity index is 1.99. The van der Waals surface area contributed by atoms with Crippen molar-refractivity contribution in [2.24, 2.45) is 5.92 Å². The van der Waals surface area contributed by atoms with Crippen LogP contribution in [-0.4, -0.2) is 30.1 Å². The van der Waals surface area contributed by atoms with Gasteiger partial charge in [-0.25, -0.2) is 0 Å². The summed E-state index contributed by atoms with van der Waals surface area (Å²) in [6.45, 7) is 4.40. The van der Waals surface area contributed by atoms with Crippen molar-refractivity contribution in [3.63, 3.8) is 0 Å². The number of carbonyl (C=O) groups is 2. The number of ether oxygens (including phenoxy) is 1. The van der Waals surface area contributed by atoms with Gasteiger partial charge >= 0.3 is 5.97 Å². The van der Waals surface area contributed by atoms with Gasteiger partial charge in [0.2, 0.25) is 0 Å². The second kappa shape index (κ2) is 9.73. The van der Waals surface area contributed by atoms with E-state index in [4.69, 9.17) is 4.74 Å². The number of aliphatic carboxylic acids is 1. The third kappa shape index (κ3) is 6.42. The summed E-state index contributed by atoms with van der Waals surface area (Å²) < 4.78 is 5.09. The van der Waals surface area contributed by atoms with E-state index in [0.29, 0.717) is 30.0 Å². The second-order valence-electron chi connectivity index (χ2n) is 6.78. The van der Waals surface area contributed by atoms with Gasteiger partial charge < -0.3 is 20.5 Å². The van der Waals surface area contributed by atoms with Crippen molar-refractivity contribution in [2.45, 2.75) is 32.9 Å². The Morgan fingerprint density at radius 1 is 1.11 bits per heavy atom. The number of carboxylic acids is 1. The van der Waals surface area contributed by atoms with Crippen LogP contribution in [0.25, 0.3) is 0 Å². The fourth-order valence-electron chi connectivity index (χ4n) is 2.69. The molecule has 144 valence electrons. The molecule has 0 bridgehead atoms. The molecule has 0 aliphatic carbocycles. The van der Waals surface area contributed by atoms with Crippen LogP contribution < -0.4 is 15.4 Å². The molecular weight excluding hydrogens is 344 g/mol. The number of benzene rings is 2. The Morgan fingerprint density at radius 3 is 2.41 bits per heavy atom. The number of carboxylic acid groups (broad SMARTS) is 1. The van der Waals surface area contributed by atoms with Crippen LogP contribution in [0, 0.1) is 5.92 Å². The van der Waals surface area contributed by atoms with E-state index in [1.54, 1.807) is 37.4 Å². The summed E-state index contributed by atoms with van der Waals surface area (Å²) in [6, 6.07) is 13.6. The minimum atomic E-state index is -0.854. The standard InChI is InChI=1S/C21H26N2O4/c1-14(2)11-19(21(25)26)22-13-15-5-4-6-17(12-15)23-20(24)16-7-9-18(27-3)10-8-16/h4-10,12,14,19,22H,11,13H2,1-3H3,(H,23,24)(H,25,26). The number of nitrogens with one attached hydrogen (secondary N) is 2. The van der Waals surface area contributed by atoms with E-state index in [-0.39, 0.29) is 11.8 Å². The molecule has 27 heavy (non-hydrogen) atoms. The van der Waals surface area contributed by atoms with Crippen LogP contribution in [0.5, 0.6) is 5.75 Å². The Bertz CT molecular complexity index is 772. The van der Waals surface area contributed by atoms with Gasteiger partial charge in [-0.3, -0.25) is 9.59 Å². The lowest BCUT2D eigenvalue weighted by atomic mass is 10.0. The van der Waals surface area contributed by atoms with E-state index in [2.05, 4.69) is 10.6 Å². The van der Waals surface area contributed by atoms with Crippen molar-refractivity contribution in [3.05, 3.63) is 59.7 Å². The number of methoxy groups -OCH3 is 1. The van der Waals surface area contributed by atoms with Crippen molar-refractivity contribution in [3.8, 4) is 5.75 Å². The van der Waals surface area contributed by atoms with Gasteiger partial charge in [0.25, 0.3) is 5.91 Å². The van der Waals surface area contributed by atoms with Gasteiger partial charge in [0, 0.05) is 17.8 Å². The summed E-state index contributed by atoms with van der Waals surface area (Å²) in [7, 11) is 1.57. The highest BCUT2D eigenvalue weighted by Gasteiger charge is 2.18. The summed E-state index contributed by atoms with van der Waals surface area (Å²) in [5, 5.41) is 15.2. The zero-order valence-corrected chi connectivity index (χ0v) is 15.9. The molecular formula is C21H26N2O4. The number of anilines is 1. The molecule has 0 heterocycles. The quantitative estimate of drug-likeness (QED) is 0.628. The highest BCUT2D eigenvalue weighted by Crippen LogP contribution is 2.15. The average Bonchev–Trinajstić information content (AvgIpc) is 2.65. The van der Waals surface area contributed by atoms with E-state index in [1.807, 2.05) is 32.0 Å². The smallest absolute Gasteiger partial charge is 0.320 e. The van der Waals surface area contributed by atoms with Crippen LogP contribution in [0.2, 0.25) is 0 Å². The van der Waals surface area contributed by atoms with Crippen LogP contribution in [-0.2, 0) is 11.3 Å². The highest BCUT2D eigenvalue weighted by atomic mass is 16.5. The van der Waals surface area contributed by atoms with Crippen molar-refractivity contribution in [1.29, 1.82) is 0 Å². The van der Waals surface area contributed by atoms with Crippen LogP contribution in [0.4, 0.5) is 5.69 Å². The molecule has 0 saturated heterocycles. The van der Waals surface area contributed by atoms with Gasteiger partial charge in [-0.1, -0.05) is 26.0 Å². The molecule has 1 amide bonds. The van der Waals surface area contributed by atoms with E-state index in [9.17, 15) is 14.7 Å². The molecule has 6 nitrogen and oxygen atoms in total. The van der Waals surface area contributed by atoms with Crippen molar-refractivity contribution in [2.75, 3.05) is 12.4 Å². The lowest BCUT2D eigenvalue weighted by Gasteiger charge is -2.17. The molecule has 0 aliphatic heterocycles. The van der Waals surface area contributed by atoms with Gasteiger partial charge in [0.1, 0.15) is 11.8 Å². The largest absolute Gasteiger partial charge is 0.497 e. The minimum absolute atomic E-state index is 0.217. The van der Waals surface area contributed by atoms with Gasteiger partial charge in [-0.15, -0.1) is 0 Å². The minimum Gasteiger partial charge on any atom is -0.497 e. The predicted molar refractivity (Wildman–Crippen MR) is 105 cm³/mol. The number of carbonyl (C=O) groups excluding carboxylic acids is 1. The maximum absolute atomic E-state index is 12.4. The molecule has 0 spiro atoms. The molecule has 0 saturated carbocycles. The fraction of sp³-hybridized carbons (Fsp3) is 0.333. The zero-order valence-electron chi connectivity index (χ0n) is 15.9. The predicted octanol–water partition coefficient (Wildman–Crippen LogP) is 3.54. The average molecular weight is 370 g/mol. The van der Waals surface area contributed by atoms with Crippen molar-refractivity contribution >= 4 is 17.6 Å². The van der Waals surface area contributed by atoms with E-state index in [1.165, 1.54) is 0 Å². The topological polar surface area (TPSA) is 87.7 Å². The molecule has 6 heteroatoms. The Kier molecular flexibility index (Phi) is 7.37. The number of amides is 1. The first-order chi connectivity index (χ1) is 12.9. The summed E-state index contributed by atoms with van der Waals surface area (Å²) in [6.07, 6.45) is 0.559. The molecule has 2 rings (SSSR count). The molecule has 0 aliphatic rings. The Labute approximate surface area is 159 Å². The molecule has 1 unspecified atom stereocenters. The second-order valence-corrected chi connectivity index (χ2v) is 6.78. The molecule has 2 aromatic carbocycles. The van der Waals surface area contributed by atoms with E-state index in [0.717, 1.165) is 5.56 Å². The first-order valence-corrected chi connectivity index (χ1v) is 8.89. The van der Waals surface area contributed by atoms with Crippen molar-refractivity contribution < 1.29 is 19.4 Å². The maximum Gasteiger partial charge on any atom is 0.320 e. The lowest BCUT2D eigenvalue weighted by Crippen LogP contribution is -2.37. The maximum atomic E-state index is 12.4. The van der Waals surface area contributed by atoms with Crippen LogP contribution in [0.1, 0.15) is 36.2 Å². The summed E-state index contributed by atoms with van der Waals surface area (Å²) in [5.41, 5.74) is 2.09. The molecule has 0 aromatic heterocycles. The van der Waals surface area contributed by atoms with Gasteiger partial charge in [0.05, 0.1) is 7.11 Å². The third-order valence-electron chi connectivity index (χ3n) is 4.09. The number of rotatable bonds is 9. The Morgan fingerprint density at radius 2 is 1.81 bits per heavy atom. The van der Waals surface area contributed by atoms with Crippen LogP contribution in [0.3, 0.4) is 0 Å². The normalized spacial score (nSPS) is 11.9. The molecule has 0 radical (unpaired) electrons. The van der Waals surface area contributed by atoms with Crippen LogP contribution >= 0.6 is 0 Å². The highest BCUT2D eigenvalue weighted by molar-refractivity contribution is 6.04. The Hall–Kier alpha value is -2.86. The third-order valence-corrected chi connectivity index (χ3v) is 4.09. The first kappa shape index (κ1) is 20.5. The SMILES string of the molecule is COc1ccc(C(=O)Nc2cccc(CNC(CC(C)C)C(=O)O)c2)cc1. The lowest BCUT2D eigenvalue weighted by molar-refractivity contribution is -0.140. The molecule has 1 atom stereocenters. The van der Waals surface area contributed by atoms with Gasteiger partial charge in [-0.2, -0.15) is 0 Å². The zero-order chi connectivity index (χ0) is 19.8. The van der Waals surface area contributed by atoms with E-state index >= 15 is 0 Å². The molecule has 3 N–H and O–H groups in total. The molecule has 2 aromatic rings. The number of hydrogen-bond acceptors (Lipinski definition) is 4. The van der Waals surface area contributed by atoms with Crippen molar-refractivity contribution in [1.82, 2.24) is 5.32 Å². The van der Waals surface area contributed by atoms with Crippen LogP contribution in [0.15, 0.2) is 48.5 Å². The summed E-state index contributed by atoms with van der Waals surface area (Å²) in [5.74, 6) is -0.0960.